The normalized spacial score (nSPS) is 11.5. The molecule has 0 aliphatic heterocycles. The largest absolute Gasteiger partial charge is 0.387 e. The molecule has 0 saturated carbocycles. The number of aliphatic imine (C=N–C) groups is 1. The van der Waals surface area contributed by atoms with E-state index in [0.717, 1.165) is 38.8 Å². The van der Waals surface area contributed by atoms with Gasteiger partial charge in [-0.05, 0) is 19.8 Å². The Morgan fingerprint density at radius 2 is 1.67 bits per heavy atom. The quantitative estimate of drug-likeness (QED) is 0.523. The standard InChI is InChI=1S/C11H24N4/c1-4-6-8-15(9-7-5-2)11(13)14-10(3)12/h4-9H2,1-3H3,(H3,12,13,14). The van der Waals surface area contributed by atoms with Gasteiger partial charge in [0, 0.05) is 13.1 Å². The highest BCUT2D eigenvalue weighted by molar-refractivity contribution is 5.92. The summed E-state index contributed by atoms with van der Waals surface area (Å²) in [6, 6.07) is 0. The predicted octanol–water partition coefficient (Wildman–Crippen LogP) is 2.20. The lowest BCUT2D eigenvalue weighted by atomic mass is 10.3. The maximum Gasteiger partial charge on any atom is 0.219 e. The van der Waals surface area contributed by atoms with Crippen LogP contribution < -0.4 is 5.73 Å². The topological polar surface area (TPSA) is 65.5 Å². The van der Waals surface area contributed by atoms with E-state index in [9.17, 15) is 0 Å². The number of nitrogens with two attached hydrogens (primary N) is 1. The minimum atomic E-state index is 0.303. The van der Waals surface area contributed by atoms with Gasteiger partial charge < -0.3 is 10.6 Å². The molecule has 0 fully saturated rings. The maximum absolute atomic E-state index is 7.79. The van der Waals surface area contributed by atoms with Crippen molar-refractivity contribution in [3.8, 4) is 0 Å². The highest BCUT2D eigenvalue weighted by Crippen LogP contribution is 2.00. The summed E-state index contributed by atoms with van der Waals surface area (Å²) in [5, 5.41) is 7.79. The number of rotatable bonds is 6. The molecule has 0 aromatic carbocycles. The van der Waals surface area contributed by atoms with Crippen molar-refractivity contribution < 1.29 is 0 Å². The number of amidine groups is 1. The molecule has 0 bridgehead atoms. The molecule has 4 nitrogen and oxygen atoms in total. The number of nitrogens with zero attached hydrogens (tertiary/aromatic N) is 2. The van der Waals surface area contributed by atoms with Gasteiger partial charge in [0.15, 0.2) is 0 Å². The minimum Gasteiger partial charge on any atom is -0.387 e. The first kappa shape index (κ1) is 13.9. The van der Waals surface area contributed by atoms with E-state index in [0.29, 0.717) is 11.8 Å². The molecular weight excluding hydrogens is 188 g/mol. The van der Waals surface area contributed by atoms with Crippen LogP contribution in [-0.2, 0) is 0 Å². The molecule has 0 unspecified atom stereocenters. The third-order valence-electron chi connectivity index (χ3n) is 2.14. The van der Waals surface area contributed by atoms with Crippen molar-refractivity contribution in [2.24, 2.45) is 10.7 Å². The fourth-order valence-corrected chi connectivity index (χ4v) is 1.26. The summed E-state index contributed by atoms with van der Waals surface area (Å²) >= 11 is 0. The van der Waals surface area contributed by atoms with E-state index >= 15 is 0 Å². The van der Waals surface area contributed by atoms with Gasteiger partial charge in [0.1, 0.15) is 0 Å². The Hall–Kier alpha value is -1.06. The van der Waals surface area contributed by atoms with Crippen LogP contribution in [0.1, 0.15) is 46.5 Å². The molecular formula is C11H24N4. The van der Waals surface area contributed by atoms with Crippen LogP contribution in [-0.4, -0.2) is 29.8 Å². The number of hydrogen-bond donors (Lipinski definition) is 2. The van der Waals surface area contributed by atoms with Crippen LogP contribution in [0.25, 0.3) is 0 Å². The van der Waals surface area contributed by atoms with E-state index in [4.69, 9.17) is 11.1 Å². The SMILES string of the molecule is CCCCN(CCCC)C(=N)N=C(C)N. The molecule has 0 rings (SSSR count). The fourth-order valence-electron chi connectivity index (χ4n) is 1.26. The third-order valence-corrected chi connectivity index (χ3v) is 2.14. The van der Waals surface area contributed by atoms with Crippen molar-refractivity contribution >= 4 is 11.8 Å². The number of guanidine groups is 1. The molecule has 4 heteroatoms. The van der Waals surface area contributed by atoms with Gasteiger partial charge in [0.05, 0.1) is 5.84 Å². The van der Waals surface area contributed by atoms with Crippen molar-refractivity contribution in [1.82, 2.24) is 4.90 Å². The first-order valence-corrected chi connectivity index (χ1v) is 5.76. The van der Waals surface area contributed by atoms with E-state index in [1.807, 2.05) is 4.90 Å². The zero-order chi connectivity index (χ0) is 11.7. The Morgan fingerprint density at radius 3 is 2.00 bits per heavy atom. The lowest BCUT2D eigenvalue weighted by molar-refractivity contribution is 0.392. The summed E-state index contributed by atoms with van der Waals surface area (Å²) in [4.78, 5) is 5.99. The average molecular weight is 212 g/mol. The van der Waals surface area contributed by atoms with Crippen LogP contribution in [0.3, 0.4) is 0 Å². The molecule has 0 aromatic rings. The van der Waals surface area contributed by atoms with Crippen LogP contribution in [0.4, 0.5) is 0 Å². The summed E-state index contributed by atoms with van der Waals surface area (Å²) in [6.45, 7) is 7.84. The van der Waals surface area contributed by atoms with Crippen molar-refractivity contribution in [1.29, 1.82) is 5.41 Å². The van der Waals surface area contributed by atoms with E-state index in [2.05, 4.69) is 18.8 Å². The Morgan fingerprint density at radius 1 is 1.20 bits per heavy atom. The molecule has 0 atom stereocenters. The van der Waals surface area contributed by atoms with Crippen LogP contribution in [0, 0.1) is 5.41 Å². The summed E-state index contributed by atoms with van der Waals surface area (Å²) in [5.41, 5.74) is 5.47. The van der Waals surface area contributed by atoms with E-state index < -0.39 is 0 Å². The lowest BCUT2D eigenvalue weighted by Crippen LogP contribution is -2.32. The van der Waals surface area contributed by atoms with Crippen molar-refractivity contribution in [2.75, 3.05) is 13.1 Å². The van der Waals surface area contributed by atoms with E-state index in [1.165, 1.54) is 0 Å². The number of hydrogen-bond acceptors (Lipinski definition) is 1. The lowest BCUT2D eigenvalue weighted by Gasteiger charge is -2.22. The van der Waals surface area contributed by atoms with Crippen LogP contribution in [0.5, 0.6) is 0 Å². The maximum atomic E-state index is 7.79. The Labute approximate surface area is 93.1 Å². The molecule has 0 spiro atoms. The first-order valence-electron chi connectivity index (χ1n) is 5.76. The van der Waals surface area contributed by atoms with Gasteiger partial charge >= 0.3 is 0 Å². The van der Waals surface area contributed by atoms with Crippen LogP contribution >= 0.6 is 0 Å². The summed E-state index contributed by atoms with van der Waals surface area (Å²) in [7, 11) is 0. The van der Waals surface area contributed by atoms with Crippen molar-refractivity contribution in [2.45, 2.75) is 46.5 Å². The van der Waals surface area contributed by atoms with E-state index in [-0.39, 0.29) is 0 Å². The van der Waals surface area contributed by atoms with Gasteiger partial charge in [-0.25, -0.2) is 4.99 Å². The van der Waals surface area contributed by atoms with Gasteiger partial charge in [-0.2, -0.15) is 0 Å². The average Bonchev–Trinajstić information content (AvgIpc) is 2.17. The van der Waals surface area contributed by atoms with Crippen LogP contribution in [0.15, 0.2) is 4.99 Å². The van der Waals surface area contributed by atoms with Gasteiger partial charge in [-0.15, -0.1) is 0 Å². The Bertz CT molecular complexity index is 199. The molecule has 88 valence electrons. The van der Waals surface area contributed by atoms with Crippen molar-refractivity contribution in [3.05, 3.63) is 0 Å². The third kappa shape index (κ3) is 6.94. The predicted molar refractivity (Wildman–Crippen MR) is 66.4 cm³/mol. The summed E-state index contributed by atoms with van der Waals surface area (Å²) < 4.78 is 0. The molecule has 0 amide bonds. The fraction of sp³-hybridized carbons (Fsp3) is 0.818. The summed E-state index contributed by atoms with van der Waals surface area (Å²) in [5.74, 6) is 0.759. The van der Waals surface area contributed by atoms with E-state index in [1.54, 1.807) is 6.92 Å². The van der Waals surface area contributed by atoms with Gasteiger partial charge in [0.2, 0.25) is 5.96 Å². The zero-order valence-electron chi connectivity index (χ0n) is 10.2. The minimum absolute atomic E-state index is 0.303. The van der Waals surface area contributed by atoms with Gasteiger partial charge in [-0.1, -0.05) is 26.7 Å². The molecule has 15 heavy (non-hydrogen) atoms. The number of nitrogens with one attached hydrogen (secondary N) is 1. The Kier molecular flexibility index (Phi) is 7.68. The Balaban J connectivity index is 4.20. The zero-order valence-corrected chi connectivity index (χ0v) is 10.2. The first-order chi connectivity index (χ1) is 7.11. The van der Waals surface area contributed by atoms with Crippen LogP contribution in [0.2, 0.25) is 0 Å². The summed E-state index contributed by atoms with van der Waals surface area (Å²) in [6.07, 6.45) is 4.49. The van der Waals surface area contributed by atoms with Crippen molar-refractivity contribution in [3.63, 3.8) is 0 Å². The molecule has 0 heterocycles. The monoisotopic (exact) mass is 212 g/mol. The second-order valence-corrected chi connectivity index (χ2v) is 3.77. The highest BCUT2D eigenvalue weighted by Gasteiger charge is 2.07. The molecule has 0 aliphatic rings. The highest BCUT2D eigenvalue weighted by atomic mass is 15.2. The molecule has 0 aliphatic carbocycles. The van der Waals surface area contributed by atoms with Gasteiger partial charge in [0.25, 0.3) is 0 Å². The number of unbranched alkanes of at least 4 members (excludes halogenated alkanes) is 2. The molecule has 0 radical (unpaired) electrons. The van der Waals surface area contributed by atoms with Gasteiger partial charge in [-0.3, -0.25) is 5.41 Å². The second kappa shape index (κ2) is 8.26. The second-order valence-electron chi connectivity index (χ2n) is 3.77. The molecule has 3 N–H and O–H groups in total. The molecule has 0 saturated heterocycles. The smallest absolute Gasteiger partial charge is 0.219 e. The molecule has 0 aromatic heterocycles.